The van der Waals surface area contributed by atoms with Crippen LogP contribution in [0.3, 0.4) is 0 Å². The average Bonchev–Trinajstić information content (AvgIpc) is 3.37. The highest BCUT2D eigenvalue weighted by molar-refractivity contribution is 5.82. The van der Waals surface area contributed by atoms with E-state index in [1.54, 1.807) is 0 Å². The smallest absolute Gasteiger partial charge is 0.237 e. The van der Waals surface area contributed by atoms with Crippen molar-refractivity contribution in [2.75, 3.05) is 26.2 Å². The number of amides is 2. The van der Waals surface area contributed by atoms with Crippen LogP contribution in [0, 0.1) is 5.92 Å². The number of carbonyl (C=O) groups is 2. The molecule has 1 heterocycles. The number of nitrogens with zero attached hydrogens (tertiary/aromatic N) is 2. The van der Waals surface area contributed by atoms with Crippen LogP contribution in [-0.2, 0) is 22.6 Å². The van der Waals surface area contributed by atoms with Gasteiger partial charge in [-0.1, -0.05) is 73.5 Å². The van der Waals surface area contributed by atoms with Gasteiger partial charge in [-0.05, 0) is 36.3 Å². The molecule has 1 saturated heterocycles. The molecule has 1 aliphatic carbocycles. The lowest BCUT2D eigenvalue weighted by molar-refractivity contribution is -0.135. The Labute approximate surface area is 191 Å². The van der Waals surface area contributed by atoms with Crippen molar-refractivity contribution in [2.45, 2.75) is 51.1 Å². The lowest BCUT2D eigenvalue weighted by Crippen LogP contribution is -2.57. The molecule has 4 rings (SSSR count). The quantitative estimate of drug-likeness (QED) is 0.692. The Balaban J connectivity index is 1.30. The van der Waals surface area contributed by atoms with E-state index in [0.29, 0.717) is 32.0 Å². The molecule has 2 amide bonds. The van der Waals surface area contributed by atoms with E-state index in [9.17, 15) is 9.59 Å². The Morgan fingerprint density at radius 3 is 2.06 bits per heavy atom. The van der Waals surface area contributed by atoms with Gasteiger partial charge >= 0.3 is 0 Å². The van der Waals surface area contributed by atoms with Crippen molar-refractivity contribution in [3.63, 3.8) is 0 Å². The molecule has 5 heteroatoms. The van der Waals surface area contributed by atoms with E-state index in [2.05, 4.69) is 22.3 Å². The molecule has 1 N–H and O–H groups in total. The summed E-state index contributed by atoms with van der Waals surface area (Å²) in [5.41, 5.74) is 2.33. The van der Waals surface area contributed by atoms with Crippen LogP contribution < -0.4 is 5.32 Å². The zero-order chi connectivity index (χ0) is 22.2. The van der Waals surface area contributed by atoms with Gasteiger partial charge in [-0.25, -0.2) is 0 Å². The van der Waals surface area contributed by atoms with Crippen molar-refractivity contribution in [3.8, 4) is 0 Å². The van der Waals surface area contributed by atoms with Crippen LogP contribution in [0.4, 0.5) is 0 Å². The standard InChI is InChI=1S/C27H35N3O2/c31-25(16-15-22-9-3-1-4-10-22)29-17-19-30(20-18-29)26(24-13-7-8-14-24)27(32)28-21-23-11-5-2-6-12-23/h1-6,9-12,24,26H,7-8,13-21H2,(H,28,32). The topological polar surface area (TPSA) is 52.7 Å². The molecule has 0 radical (unpaired) electrons. The summed E-state index contributed by atoms with van der Waals surface area (Å²) in [6.45, 7) is 3.54. The van der Waals surface area contributed by atoms with Crippen molar-refractivity contribution >= 4 is 11.8 Å². The molecule has 0 bridgehead atoms. The van der Waals surface area contributed by atoms with Gasteiger partial charge in [0.05, 0.1) is 6.04 Å². The maximum atomic E-state index is 13.2. The number of aryl methyl sites for hydroxylation is 1. The first-order valence-electron chi connectivity index (χ1n) is 12.1. The van der Waals surface area contributed by atoms with Gasteiger partial charge in [0.25, 0.3) is 0 Å². The zero-order valence-corrected chi connectivity index (χ0v) is 18.9. The first kappa shape index (κ1) is 22.5. The molecular weight excluding hydrogens is 398 g/mol. The lowest BCUT2D eigenvalue weighted by Gasteiger charge is -2.40. The van der Waals surface area contributed by atoms with E-state index < -0.39 is 0 Å². The van der Waals surface area contributed by atoms with E-state index in [1.807, 2.05) is 53.4 Å². The molecule has 32 heavy (non-hydrogen) atoms. The van der Waals surface area contributed by atoms with Gasteiger partial charge in [0.2, 0.25) is 11.8 Å². The summed E-state index contributed by atoms with van der Waals surface area (Å²) in [6.07, 6.45) is 6.01. The molecule has 0 aromatic heterocycles. The molecule has 2 aliphatic rings. The maximum absolute atomic E-state index is 13.2. The second-order valence-corrected chi connectivity index (χ2v) is 9.10. The van der Waals surface area contributed by atoms with E-state index >= 15 is 0 Å². The van der Waals surface area contributed by atoms with Gasteiger partial charge in [0.15, 0.2) is 0 Å². The fourth-order valence-corrected chi connectivity index (χ4v) is 5.14. The highest BCUT2D eigenvalue weighted by Crippen LogP contribution is 2.31. The minimum Gasteiger partial charge on any atom is -0.351 e. The normalized spacial score (nSPS) is 18.4. The molecule has 2 aromatic carbocycles. The van der Waals surface area contributed by atoms with Crippen LogP contribution in [0.25, 0.3) is 0 Å². The highest BCUT2D eigenvalue weighted by Gasteiger charge is 2.37. The molecular formula is C27H35N3O2. The predicted molar refractivity (Wildman–Crippen MR) is 127 cm³/mol. The van der Waals surface area contributed by atoms with Gasteiger partial charge in [0.1, 0.15) is 0 Å². The van der Waals surface area contributed by atoms with Crippen molar-refractivity contribution in [3.05, 3.63) is 71.8 Å². The Kier molecular flexibility index (Phi) is 7.94. The number of hydrogen-bond donors (Lipinski definition) is 1. The summed E-state index contributed by atoms with van der Waals surface area (Å²) in [4.78, 5) is 30.3. The summed E-state index contributed by atoms with van der Waals surface area (Å²) in [7, 11) is 0. The van der Waals surface area contributed by atoms with Crippen LogP contribution in [-0.4, -0.2) is 53.8 Å². The first-order valence-corrected chi connectivity index (χ1v) is 12.1. The summed E-state index contributed by atoms with van der Waals surface area (Å²) in [6, 6.07) is 20.2. The van der Waals surface area contributed by atoms with Gasteiger partial charge in [-0.15, -0.1) is 0 Å². The molecule has 170 valence electrons. The molecule has 2 aromatic rings. The minimum absolute atomic E-state index is 0.0808. The Morgan fingerprint density at radius 1 is 0.844 bits per heavy atom. The third kappa shape index (κ3) is 5.98. The van der Waals surface area contributed by atoms with E-state index in [1.165, 1.54) is 18.4 Å². The Bertz CT molecular complexity index is 857. The van der Waals surface area contributed by atoms with Gasteiger partial charge in [0, 0.05) is 39.1 Å². The highest BCUT2D eigenvalue weighted by atomic mass is 16.2. The number of hydrogen-bond acceptors (Lipinski definition) is 3. The van der Waals surface area contributed by atoms with E-state index in [0.717, 1.165) is 37.9 Å². The zero-order valence-electron chi connectivity index (χ0n) is 18.9. The molecule has 2 fully saturated rings. The number of carbonyl (C=O) groups excluding carboxylic acids is 2. The Morgan fingerprint density at radius 2 is 1.44 bits per heavy atom. The number of piperazine rings is 1. The lowest BCUT2D eigenvalue weighted by atomic mass is 9.94. The third-order valence-corrected chi connectivity index (χ3v) is 6.96. The summed E-state index contributed by atoms with van der Waals surface area (Å²) < 4.78 is 0. The summed E-state index contributed by atoms with van der Waals surface area (Å²) in [5, 5.41) is 3.18. The molecule has 0 spiro atoms. The molecule has 5 nitrogen and oxygen atoms in total. The summed E-state index contributed by atoms with van der Waals surface area (Å²) in [5.74, 6) is 0.787. The second kappa shape index (κ2) is 11.3. The summed E-state index contributed by atoms with van der Waals surface area (Å²) >= 11 is 0. The van der Waals surface area contributed by atoms with Crippen LogP contribution in [0.5, 0.6) is 0 Å². The average molecular weight is 434 g/mol. The first-order chi connectivity index (χ1) is 15.7. The molecule has 1 atom stereocenters. The fraction of sp³-hybridized carbons (Fsp3) is 0.481. The fourth-order valence-electron chi connectivity index (χ4n) is 5.14. The molecule has 1 unspecified atom stereocenters. The monoisotopic (exact) mass is 433 g/mol. The van der Waals surface area contributed by atoms with Crippen LogP contribution in [0.15, 0.2) is 60.7 Å². The van der Waals surface area contributed by atoms with Gasteiger partial charge in [-0.2, -0.15) is 0 Å². The van der Waals surface area contributed by atoms with Crippen LogP contribution >= 0.6 is 0 Å². The number of benzene rings is 2. The molecule has 1 saturated carbocycles. The van der Waals surface area contributed by atoms with E-state index in [-0.39, 0.29) is 17.9 Å². The van der Waals surface area contributed by atoms with Crippen molar-refractivity contribution in [2.24, 2.45) is 5.92 Å². The number of nitrogens with one attached hydrogen (secondary N) is 1. The van der Waals surface area contributed by atoms with Gasteiger partial charge in [-0.3, -0.25) is 14.5 Å². The SMILES string of the molecule is O=C(NCc1ccccc1)C(C1CCCC1)N1CCN(C(=O)CCc2ccccc2)CC1. The number of rotatable bonds is 8. The second-order valence-electron chi connectivity index (χ2n) is 9.10. The molecule has 1 aliphatic heterocycles. The Hall–Kier alpha value is -2.66. The third-order valence-electron chi connectivity index (χ3n) is 6.96. The predicted octanol–water partition coefficient (Wildman–Crippen LogP) is 3.64. The minimum atomic E-state index is -0.0808. The van der Waals surface area contributed by atoms with Crippen LogP contribution in [0.2, 0.25) is 0 Å². The van der Waals surface area contributed by atoms with Crippen LogP contribution in [0.1, 0.15) is 43.2 Å². The van der Waals surface area contributed by atoms with Crippen molar-refractivity contribution < 1.29 is 9.59 Å². The largest absolute Gasteiger partial charge is 0.351 e. The van der Waals surface area contributed by atoms with E-state index in [4.69, 9.17) is 0 Å². The van der Waals surface area contributed by atoms with Crippen molar-refractivity contribution in [1.82, 2.24) is 15.1 Å². The van der Waals surface area contributed by atoms with Gasteiger partial charge < -0.3 is 10.2 Å². The maximum Gasteiger partial charge on any atom is 0.237 e. The van der Waals surface area contributed by atoms with Crippen molar-refractivity contribution in [1.29, 1.82) is 0 Å².